The van der Waals surface area contributed by atoms with Gasteiger partial charge in [-0.15, -0.1) is 4.40 Å². The summed E-state index contributed by atoms with van der Waals surface area (Å²) in [5.74, 6) is 0.0283. The Morgan fingerprint density at radius 2 is 2.00 bits per heavy atom. The second-order valence-corrected chi connectivity index (χ2v) is 4.42. The van der Waals surface area contributed by atoms with E-state index in [2.05, 4.69) is 9.71 Å². The summed E-state index contributed by atoms with van der Waals surface area (Å²) in [5, 5.41) is 10.7. The summed E-state index contributed by atoms with van der Waals surface area (Å²) in [6.45, 7) is 0. The highest BCUT2D eigenvalue weighted by Crippen LogP contribution is 2.01. The average molecular weight is 223 g/mol. The number of nitriles is 1. The third-order valence-electron chi connectivity index (χ3n) is 1.48. The average Bonchev–Trinajstić information content (AvgIpc) is 2.17. The van der Waals surface area contributed by atoms with Crippen LogP contribution in [0.1, 0.15) is 5.56 Å². The third-order valence-corrected chi connectivity index (χ3v) is 1.99. The van der Waals surface area contributed by atoms with Crippen LogP contribution < -0.4 is 5.32 Å². The van der Waals surface area contributed by atoms with Crippen molar-refractivity contribution in [1.29, 1.82) is 5.26 Å². The van der Waals surface area contributed by atoms with Crippen LogP contribution in [0.5, 0.6) is 0 Å². The second-order valence-electron chi connectivity index (χ2n) is 2.78. The van der Waals surface area contributed by atoms with Gasteiger partial charge in [-0.05, 0) is 0 Å². The predicted molar refractivity (Wildman–Crippen MR) is 56.6 cm³/mol. The number of amidine groups is 1. The summed E-state index contributed by atoms with van der Waals surface area (Å²) in [4.78, 5) is 0. The molecule has 5 nitrogen and oxygen atoms in total. The van der Waals surface area contributed by atoms with E-state index >= 15 is 0 Å². The van der Waals surface area contributed by atoms with Crippen molar-refractivity contribution in [1.82, 2.24) is 5.32 Å². The van der Waals surface area contributed by atoms with Crippen molar-refractivity contribution in [2.45, 2.75) is 0 Å². The molecule has 0 fully saturated rings. The van der Waals surface area contributed by atoms with Crippen LogP contribution in [0, 0.1) is 11.5 Å². The Morgan fingerprint density at radius 1 is 1.40 bits per heavy atom. The molecule has 0 spiro atoms. The Morgan fingerprint density at radius 3 is 2.47 bits per heavy atom. The quantitative estimate of drug-likeness (QED) is 0.342. The molecule has 1 rings (SSSR count). The molecule has 0 atom stereocenters. The van der Waals surface area contributed by atoms with Crippen molar-refractivity contribution in [2.24, 2.45) is 4.40 Å². The minimum absolute atomic E-state index is 0.0283. The van der Waals surface area contributed by atoms with Crippen LogP contribution in [0.4, 0.5) is 0 Å². The fraction of sp³-hybridized carbons (Fsp3) is 0.111. The molecular formula is C9H9N3O2S. The lowest BCUT2D eigenvalue weighted by atomic mass is 10.2. The molecule has 0 unspecified atom stereocenters. The molecule has 0 bridgehead atoms. The Balaban J connectivity index is 3.17. The van der Waals surface area contributed by atoms with Gasteiger partial charge >= 0.3 is 0 Å². The lowest BCUT2D eigenvalue weighted by Crippen LogP contribution is -2.20. The molecule has 0 aromatic heterocycles. The summed E-state index contributed by atoms with van der Waals surface area (Å²) < 4.78 is 25.3. The monoisotopic (exact) mass is 223 g/mol. The maximum Gasteiger partial charge on any atom is 0.252 e. The molecule has 0 radical (unpaired) electrons. The standard InChI is InChI=1S/C9H9N3O2S/c1-15(13,14)12-9(11-7-10)8-5-3-2-4-6-8/h2-6H,1H3,(H,11,12). The Labute approximate surface area is 88.1 Å². The highest BCUT2D eigenvalue weighted by Gasteiger charge is 2.06. The molecule has 1 N–H and O–H groups in total. The van der Waals surface area contributed by atoms with Crippen molar-refractivity contribution < 1.29 is 8.42 Å². The SMILES string of the molecule is CS(=O)(=O)/N=C(\NC#N)c1ccccc1. The minimum Gasteiger partial charge on any atom is -0.276 e. The first kappa shape index (κ1) is 11.2. The van der Waals surface area contributed by atoms with Crippen LogP contribution in [-0.2, 0) is 10.0 Å². The van der Waals surface area contributed by atoms with Gasteiger partial charge < -0.3 is 0 Å². The normalized spacial score (nSPS) is 11.9. The largest absolute Gasteiger partial charge is 0.276 e. The molecule has 0 amide bonds. The molecule has 78 valence electrons. The number of benzene rings is 1. The van der Waals surface area contributed by atoms with E-state index < -0.39 is 10.0 Å². The lowest BCUT2D eigenvalue weighted by Gasteiger charge is -2.01. The molecule has 0 saturated carbocycles. The summed E-state index contributed by atoms with van der Waals surface area (Å²) >= 11 is 0. The highest BCUT2D eigenvalue weighted by molar-refractivity contribution is 7.89. The summed E-state index contributed by atoms with van der Waals surface area (Å²) in [5.41, 5.74) is 0.546. The van der Waals surface area contributed by atoms with E-state index in [1.165, 1.54) is 0 Å². The number of hydrogen-bond acceptors (Lipinski definition) is 3. The molecule has 1 aromatic carbocycles. The Kier molecular flexibility index (Phi) is 3.42. The van der Waals surface area contributed by atoms with Gasteiger partial charge in [0, 0.05) is 5.56 Å². The fourth-order valence-corrected chi connectivity index (χ4v) is 1.45. The molecule has 0 heterocycles. The van der Waals surface area contributed by atoms with Crippen molar-refractivity contribution in [3.8, 4) is 6.19 Å². The molecular weight excluding hydrogens is 214 g/mol. The molecule has 0 saturated heterocycles. The van der Waals surface area contributed by atoms with Gasteiger partial charge in [0.25, 0.3) is 10.0 Å². The van der Waals surface area contributed by atoms with Crippen LogP contribution in [0.15, 0.2) is 34.7 Å². The predicted octanol–water partition coefficient (Wildman–Crippen LogP) is 0.463. The van der Waals surface area contributed by atoms with Crippen LogP contribution >= 0.6 is 0 Å². The van der Waals surface area contributed by atoms with Crippen molar-refractivity contribution in [2.75, 3.05) is 6.26 Å². The smallest absolute Gasteiger partial charge is 0.252 e. The first-order chi connectivity index (χ1) is 7.03. The topological polar surface area (TPSA) is 82.3 Å². The van der Waals surface area contributed by atoms with Gasteiger partial charge in [-0.3, -0.25) is 5.32 Å². The van der Waals surface area contributed by atoms with Gasteiger partial charge in [-0.25, -0.2) is 8.42 Å². The number of rotatable bonds is 2. The van der Waals surface area contributed by atoms with Crippen molar-refractivity contribution >= 4 is 15.9 Å². The summed E-state index contributed by atoms with van der Waals surface area (Å²) in [7, 11) is -3.52. The van der Waals surface area contributed by atoms with Gasteiger partial charge in [-0.2, -0.15) is 5.26 Å². The summed E-state index contributed by atoms with van der Waals surface area (Å²) in [6.07, 6.45) is 2.61. The van der Waals surface area contributed by atoms with Gasteiger partial charge in [0.15, 0.2) is 12.0 Å². The van der Waals surface area contributed by atoms with Gasteiger partial charge in [0.2, 0.25) is 0 Å². The first-order valence-corrected chi connectivity index (χ1v) is 5.88. The number of nitrogens with one attached hydrogen (secondary N) is 1. The van der Waals surface area contributed by atoms with E-state index in [1.54, 1.807) is 36.5 Å². The van der Waals surface area contributed by atoms with Gasteiger partial charge in [0.05, 0.1) is 6.26 Å². The lowest BCUT2D eigenvalue weighted by molar-refractivity contribution is 0.603. The van der Waals surface area contributed by atoms with E-state index in [0.29, 0.717) is 5.56 Å². The van der Waals surface area contributed by atoms with Crippen LogP contribution in [0.2, 0.25) is 0 Å². The zero-order valence-electron chi connectivity index (χ0n) is 8.01. The fourth-order valence-electron chi connectivity index (χ4n) is 0.962. The van der Waals surface area contributed by atoms with E-state index in [4.69, 9.17) is 5.26 Å². The van der Waals surface area contributed by atoms with E-state index in [0.717, 1.165) is 6.26 Å². The first-order valence-electron chi connectivity index (χ1n) is 4.03. The number of nitrogens with zero attached hydrogens (tertiary/aromatic N) is 2. The van der Waals surface area contributed by atoms with Crippen LogP contribution in [-0.4, -0.2) is 20.5 Å². The van der Waals surface area contributed by atoms with Gasteiger partial charge in [0.1, 0.15) is 0 Å². The zero-order valence-corrected chi connectivity index (χ0v) is 8.82. The zero-order chi connectivity index (χ0) is 11.3. The molecule has 1 aromatic rings. The summed E-state index contributed by atoms with van der Waals surface area (Å²) in [6, 6.07) is 8.56. The van der Waals surface area contributed by atoms with Gasteiger partial charge in [-0.1, -0.05) is 30.3 Å². The molecule has 0 aliphatic carbocycles. The van der Waals surface area contributed by atoms with E-state index in [1.807, 2.05) is 0 Å². The van der Waals surface area contributed by atoms with E-state index in [9.17, 15) is 8.42 Å². The highest BCUT2D eigenvalue weighted by atomic mass is 32.2. The van der Waals surface area contributed by atoms with Crippen molar-refractivity contribution in [3.05, 3.63) is 35.9 Å². The maximum atomic E-state index is 11.0. The minimum atomic E-state index is -3.52. The molecule has 6 heteroatoms. The van der Waals surface area contributed by atoms with Crippen LogP contribution in [0.25, 0.3) is 0 Å². The third kappa shape index (κ3) is 3.79. The number of sulfonamides is 1. The second kappa shape index (κ2) is 4.57. The van der Waals surface area contributed by atoms with Crippen LogP contribution in [0.3, 0.4) is 0 Å². The Hall–Kier alpha value is -1.87. The molecule has 15 heavy (non-hydrogen) atoms. The van der Waals surface area contributed by atoms with Crippen molar-refractivity contribution in [3.63, 3.8) is 0 Å². The van der Waals surface area contributed by atoms with E-state index in [-0.39, 0.29) is 5.84 Å². The number of hydrogen-bond donors (Lipinski definition) is 1. The maximum absolute atomic E-state index is 11.0. The molecule has 0 aliphatic rings. The molecule has 0 aliphatic heterocycles. The Bertz CT molecular complexity index is 500.